The van der Waals surface area contributed by atoms with Crippen LogP contribution < -0.4 is 0 Å². The van der Waals surface area contributed by atoms with Gasteiger partial charge < -0.3 is 13.6 Å². The van der Waals surface area contributed by atoms with Gasteiger partial charge in [0, 0.05) is 0 Å². The second-order valence-electron chi connectivity index (χ2n) is 6.13. The number of carbonyl (C=O) groups is 1. The number of carbonyl (C=O) groups excluding carboxylic acids is 1. The summed E-state index contributed by atoms with van der Waals surface area (Å²) < 4.78 is 16.4. The molecule has 0 radical (unpaired) electrons. The van der Waals surface area contributed by atoms with Crippen LogP contribution in [0, 0.1) is 19.8 Å². The van der Waals surface area contributed by atoms with Gasteiger partial charge in [-0.25, -0.2) is 0 Å². The average molecular weight is 333 g/mol. The Morgan fingerprint density at radius 2 is 2.04 bits per heavy atom. The molecule has 0 N–H and O–H groups in total. The second kappa shape index (κ2) is 7.17. The van der Waals surface area contributed by atoms with Crippen molar-refractivity contribution >= 4 is 5.97 Å². The Kier molecular flexibility index (Phi) is 4.99. The molecule has 7 heteroatoms. The van der Waals surface area contributed by atoms with Crippen molar-refractivity contribution in [1.82, 2.24) is 15.1 Å². The normalized spacial score (nSPS) is 16.5. The predicted molar refractivity (Wildman–Crippen MR) is 86.1 cm³/mol. The molecule has 7 nitrogen and oxygen atoms in total. The van der Waals surface area contributed by atoms with E-state index in [1.54, 1.807) is 0 Å². The lowest BCUT2D eigenvalue weighted by molar-refractivity contribution is -0.149. The summed E-state index contributed by atoms with van der Waals surface area (Å²) in [7, 11) is 0. The summed E-state index contributed by atoms with van der Waals surface area (Å²) >= 11 is 0. The number of hydrogen-bond acceptors (Lipinski definition) is 7. The van der Waals surface area contributed by atoms with Gasteiger partial charge in [-0.2, -0.15) is 0 Å². The minimum Gasteiger partial charge on any atom is -0.466 e. The number of likely N-dealkylation sites (tertiary alicyclic amines) is 1. The quantitative estimate of drug-likeness (QED) is 0.778. The first-order chi connectivity index (χ1) is 11.6. The Labute approximate surface area is 141 Å². The van der Waals surface area contributed by atoms with E-state index in [9.17, 15) is 4.79 Å². The van der Waals surface area contributed by atoms with Crippen LogP contribution in [0.5, 0.6) is 0 Å². The molecule has 0 amide bonds. The van der Waals surface area contributed by atoms with Crippen molar-refractivity contribution in [2.24, 2.45) is 5.92 Å². The molecule has 0 saturated carbocycles. The summed E-state index contributed by atoms with van der Waals surface area (Å²) in [6, 6.07) is 1.90. The first-order valence-corrected chi connectivity index (χ1v) is 8.35. The zero-order valence-electron chi connectivity index (χ0n) is 14.4. The highest BCUT2D eigenvalue weighted by Crippen LogP contribution is 2.26. The summed E-state index contributed by atoms with van der Waals surface area (Å²) in [6.45, 7) is 8.29. The van der Waals surface area contributed by atoms with Gasteiger partial charge in [-0.1, -0.05) is 0 Å². The van der Waals surface area contributed by atoms with Gasteiger partial charge in [0.15, 0.2) is 0 Å². The molecule has 0 aromatic carbocycles. The highest BCUT2D eigenvalue weighted by Gasteiger charge is 2.27. The third-order valence-electron chi connectivity index (χ3n) is 4.30. The number of esters is 1. The minimum atomic E-state index is -0.0805. The van der Waals surface area contributed by atoms with E-state index in [0.29, 0.717) is 24.9 Å². The van der Waals surface area contributed by atoms with Gasteiger partial charge in [0.05, 0.1) is 24.6 Å². The summed E-state index contributed by atoms with van der Waals surface area (Å²) in [6.07, 6.45) is 1.61. The fourth-order valence-electron chi connectivity index (χ4n) is 3.05. The van der Waals surface area contributed by atoms with Crippen LogP contribution >= 0.6 is 0 Å². The Morgan fingerprint density at radius 3 is 2.67 bits per heavy atom. The maximum Gasteiger partial charge on any atom is 0.309 e. The molecule has 0 atom stereocenters. The van der Waals surface area contributed by atoms with Gasteiger partial charge in [0.2, 0.25) is 5.89 Å². The molecule has 2 aromatic heterocycles. The maximum atomic E-state index is 11.8. The molecule has 3 heterocycles. The summed E-state index contributed by atoms with van der Waals surface area (Å²) in [5.74, 6) is 2.60. The Balaban J connectivity index is 1.56. The molecule has 3 rings (SSSR count). The molecule has 0 aliphatic carbocycles. The van der Waals surface area contributed by atoms with E-state index in [1.807, 2.05) is 26.8 Å². The number of furan rings is 1. The number of ether oxygens (including phenoxy) is 1. The van der Waals surface area contributed by atoms with Crippen molar-refractivity contribution in [1.29, 1.82) is 0 Å². The topological polar surface area (TPSA) is 81.6 Å². The molecule has 1 aliphatic rings. The Bertz CT molecular complexity index is 699. The molecule has 0 spiro atoms. The molecule has 1 saturated heterocycles. The van der Waals surface area contributed by atoms with Crippen LogP contribution in [0.15, 0.2) is 14.9 Å². The monoisotopic (exact) mass is 333 g/mol. The molecular formula is C17H23N3O4. The van der Waals surface area contributed by atoms with E-state index >= 15 is 0 Å². The number of aryl methyl sites for hydroxylation is 2. The zero-order valence-corrected chi connectivity index (χ0v) is 14.4. The average Bonchev–Trinajstić information content (AvgIpc) is 3.14. The molecule has 24 heavy (non-hydrogen) atoms. The molecule has 1 aliphatic heterocycles. The van der Waals surface area contributed by atoms with Gasteiger partial charge in [-0.15, -0.1) is 10.2 Å². The molecule has 2 aromatic rings. The number of hydrogen-bond donors (Lipinski definition) is 0. The van der Waals surface area contributed by atoms with Crippen LogP contribution in [0.4, 0.5) is 0 Å². The molecule has 0 unspecified atom stereocenters. The van der Waals surface area contributed by atoms with Crippen LogP contribution in [0.3, 0.4) is 0 Å². The maximum absolute atomic E-state index is 11.8. The van der Waals surface area contributed by atoms with E-state index in [-0.39, 0.29) is 11.9 Å². The number of aromatic nitrogens is 2. The number of piperidine rings is 1. The largest absolute Gasteiger partial charge is 0.466 e. The lowest BCUT2D eigenvalue weighted by atomic mass is 9.97. The first-order valence-electron chi connectivity index (χ1n) is 8.35. The predicted octanol–water partition coefficient (Wildman–Crippen LogP) is 2.72. The molecule has 0 bridgehead atoms. The van der Waals surface area contributed by atoms with Crippen LogP contribution in [-0.4, -0.2) is 40.8 Å². The molecule has 1 fully saturated rings. The van der Waals surface area contributed by atoms with E-state index in [4.69, 9.17) is 13.6 Å². The number of nitrogens with zero attached hydrogens (tertiary/aromatic N) is 3. The lowest BCUT2D eigenvalue weighted by Gasteiger charge is -2.29. The number of rotatable bonds is 5. The van der Waals surface area contributed by atoms with Gasteiger partial charge in [0.1, 0.15) is 11.5 Å². The van der Waals surface area contributed by atoms with E-state index in [2.05, 4.69) is 15.1 Å². The Hall–Kier alpha value is -2.15. The van der Waals surface area contributed by atoms with Crippen molar-refractivity contribution in [2.75, 3.05) is 19.7 Å². The van der Waals surface area contributed by atoms with Crippen LogP contribution in [-0.2, 0) is 16.1 Å². The van der Waals surface area contributed by atoms with Crippen LogP contribution in [0.25, 0.3) is 11.5 Å². The SMILES string of the molecule is CCOC(=O)C1CCN(Cc2nnc(-c3cc(C)oc3C)o2)CC1. The highest BCUT2D eigenvalue weighted by atomic mass is 16.5. The summed E-state index contributed by atoms with van der Waals surface area (Å²) in [4.78, 5) is 14.0. The van der Waals surface area contributed by atoms with Crippen molar-refractivity contribution in [3.05, 3.63) is 23.5 Å². The van der Waals surface area contributed by atoms with E-state index < -0.39 is 0 Å². The van der Waals surface area contributed by atoms with Crippen molar-refractivity contribution in [3.63, 3.8) is 0 Å². The molecule has 130 valence electrons. The van der Waals surface area contributed by atoms with Crippen LogP contribution in [0.2, 0.25) is 0 Å². The second-order valence-corrected chi connectivity index (χ2v) is 6.13. The van der Waals surface area contributed by atoms with Crippen molar-refractivity contribution in [3.8, 4) is 11.5 Å². The third kappa shape index (κ3) is 3.67. The lowest BCUT2D eigenvalue weighted by Crippen LogP contribution is -2.36. The van der Waals surface area contributed by atoms with Gasteiger partial charge >= 0.3 is 5.97 Å². The van der Waals surface area contributed by atoms with E-state index in [0.717, 1.165) is 43.0 Å². The Morgan fingerprint density at radius 1 is 1.29 bits per heavy atom. The van der Waals surface area contributed by atoms with Gasteiger partial charge in [-0.3, -0.25) is 9.69 Å². The fraction of sp³-hybridized carbons (Fsp3) is 0.588. The van der Waals surface area contributed by atoms with Crippen molar-refractivity contribution < 1.29 is 18.4 Å². The van der Waals surface area contributed by atoms with Gasteiger partial charge in [-0.05, 0) is 52.8 Å². The molecular weight excluding hydrogens is 310 g/mol. The smallest absolute Gasteiger partial charge is 0.309 e. The summed E-state index contributed by atoms with van der Waals surface area (Å²) in [5, 5.41) is 8.25. The van der Waals surface area contributed by atoms with E-state index in [1.165, 1.54) is 0 Å². The highest BCUT2D eigenvalue weighted by molar-refractivity contribution is 5.72. The summed E-state index contributed by atoms with van der Waals surface area (Å²) in [5.41, 5.74) is 0.840. The third-order valence-corrected chi connectivity index (χ3v) is 4.30. The van der Waals surface area contributed by atoms with Crippen molar-refractivity contribution in [2.45, 2.75) is 40.2 Å². The zero-order chi connectivity index (χ0) is 17.1. The fourth-order valence-corrected chi connectivity index (χ4v) is 3.05. The standard InChI is InChI=1S/C17H23N3O4/c1-4-22-17(21)13-5-7-20(8-6-13)10-15-18-19-16(24-15)14-9-11(2)23-12(14)3/h9,13H,4-8,10H2,1-3H3. The minimum absolute atomic E-state index is 0.0102. The van der Waals surface area contributed by atoms with Crippen LogP contribution in [0.1, 0.15) is 37.2 Å². The van der Waals surface area contributed by atoms with Gasteiger partial charge in [0.25, 0.3) is 5.89 Å². The first kappa shape index (κ1) is 16.7.